The third-order valence-electron chi connectivity index (χ3n) is 5.77. The van der Waals surface area contributed by atoms with Crippen molar-refractivity contribution in [1.29, 1.82) is 0 Å². The molecule has 6 heteroatoms. The summed E-state index contributed by atoms with van der Waals surface area (Å²) in [6.45, 7) is 9.89. The summed E-state index contributed by atoms with van der Waals surface area (Å²) >= 11 is 0. The van der Waals surface area contributed by atoms with Gasteiger partial charge in [-0.05, 0) is 63.6 Å². The number of anilines is 1. The Hall–Kier alpha value is -2.76. The summed E-state index contributed by atoms with van der Waals surface area (Å²) in [6.07, 6.45) is 0. The van der Waals surface area contributed by atoms with Crippen molar-refractivity contribution in [2.45, 2.75) is 33.2 Å². The van der Waals surface area contributed by atoms with Gasteiger partial charge >= 0.3 is 0 Å². The van der Waals surface area contributed by atoms with Gasteiger partial charge in [-0.3, -0.25) is 9.59 Å². The fraction of sp³-hybridized carbons (Fsp3) is 0.455. The zero-order valence-electron chi connectivity index (χ0n) is 17.6. The highest BCUT2D eigenvalue weighted by Crippen LogP contribution is 2.29. The quantitative estimate of drug-likeness (QED) is 0.818. The highest BCUT2D eigenvalue weighted by molar-refractivity contribution is 5.94. The first-order chi connectivity index (χ1) is 13.2. The summed E-state index contributed by atoms with van der Waals surface area (Å²) in [5.41, 5.74) is 2.68. The Kier molecular flexibility index (Phi) is 5.24. The zero-order chi connectivity index (χ0) is 20.6. The van der Waals surface area contributed by atoms with Crippen molar-refractivity contribution in [3.8, 4) is 5.75 Å². The molecule has 0 atom stereocenters. The molecule has 28 heavy (non-hydrogen) atoms. The predicted octanol–water partition coefficient (Wildman–Crippen LogP) is 2.75. The molecule has 0 radical (unpaired) electrons. The van der Waals surface area contributed by atoms with Crippen LogP contribution in [-0.4, -0.2) is 47.7 Å². The number of pyridine rings is 1. The fourth-order valence-electron chi connectivity index (χ4n) is 3.87. The molecule has 0 saturated carbocycles. The Bertz CT molecular complexity index is 945. The molecule has 3 rings (SSSR count). The average Bonchev–Trinajstić information content (AvgIpc) is 2.68. The molecular formula is C22H29N3O3. The number of methoxy groups -OCH3 is 1. The van der Waals surface area contributed by atoms with E-state index in [2.05, 4.69) is 18.7 Å². The summed E-state index contributed by atoms with van der Waals surface area (Å²) in [5.74, 6) is 0.632. The SMILES string of the molecule is COc1ccc(N2CCN(C(=O)c3cc(C)c(C)n(C)c3=O)CC2(C)C)cc1. The van der Waals surface area contributed by atoms with Crippen molar-refractivity contribution >= 4 is 11.6 Å². The van der Waals surface area contributed by atoms with Gasteiger partial charge in [-0.2, -0.15) is 0 Å². The Morgan fingerprint density at radius 1 is 1.11 bits per heavy atom. The molecule has 6 nitrogen and oxygen atoms in total. The Morgan fingerprint density at radius 2 is 1.75 bits per heavy atom. The number of benzene rings is 1. The van der Waals surface area contributed by atoms with Gasteiger partial charge in [-0.1, -0.05) is 0 Å². The molecule has 0 aliphatic carbocycles. The lowest BCUT2D eigenvalue weighted by Gasteiger charge is -2.48. The third kappa shape index (κ3) is 3.51. The molecule has 1 aromatic heterocycles. The van der Waals surface area contributed by atoms with Crippen molar-refractivity contribution in [2.24, 2.45) is 7.05 Å². The van der Waals surface area contributed by atoms with Gasteiger partial charge in [0.15, 0.2) is 0 Å². The summed E-state index contributed by atoms with van der Waals surface area (Å²) in [5, 5.41) is 0. The van der Waals surface area contributed by atoms with Gasteiger partial charge in [-0.25, -0.2) is 0 Å². The lowest BCUT2D eigenvalue weighted by molar-refractivity contribution is 0.0683. The van der Waals surface area contributed by atoms with Crippen molar-refractivity contribution in [3.05, 3.63) is 57.5 Å². The number of amides is 1. The molecule has 1 aromatic carbocycles. The number of aryl methyl sites for hydroxylation is 1. The molecule has 0 spiro atoms. The van der Waals surface area contributed by atoms with E-state index in [0.717, 1.165) is 22.7 Å². The monoisotopic (exact) mass is 383 g/mol. The van der Waals surface area contributed by atoms with Crippen LogP contribution in [0.25, 0.3) is 0 Å². The number of carbonyl (C=O) groups is 1. The number of piperazine rings is 1. The van der Waals surface area contributed by atoms with Gasteiger partial charge in [0, 0.05) is 38.1 Å². The van der Waals surface area contributed by atoms with Crippen LogP contribution in [0.3, 0.4) is 0 Å². The normalized spacial score (nSPS) is 16.2. The van der Waals surface area contributed by atoms with E-state index in [0.29, 0.717) is 19.6 Å². The fourth-order valence-corrected chi connectivity index (χ4v) is 3.87. The zero-order valence-corrected chi connectivity index (χ0v) is 17.6. The van der Waals surface area contributed by atoms with Crippen LogP contribution in [0.1, 0.15) is 35.5 Å². The van der Waals surface area contributed by atoms with Crippen LogP contribution >= 0.6 is 0 Å². The van der Waals surface area contributed by atoms with Crippen LogP contribution in [0, 0.1) is 13.8 Å². The van der Waals surface area contributed by atoms with E-state index in [-0.39, 0.29) is 22.6 Å². The van der Waals surface area contributed by atoms with Crippen molar-refractivity contribution < 1.29 is 9.53 Å². The molecule has 1 amide bonds. The molecule has 1 aliphatic rings. The van der Waals surface area contributed by atoms with E-state index >= 15 is 0 Å². The van der Waals surface area contributed by atoms with Crippen LogP contribution in [0.15, 0.2) is 35.1 Å². The van der Waals surface area contributed by atoms with E-state index in [9.17, 15) is 9.59 Å². The number of hydrogen-bond acceptors (Lipinski definition) is 4. The number of ether oxygens (including phenoxy) is 1. The number of carbonyl (C=O) groups excluding carboxylic acids is 1. The second-order valence-electron chi connectivity index (χ2n) is 8.08. The Morgan fingerprint density at radius 3 is 2.32 bits per heavy atom. The molecule has 2 aromatic rings. The number of rotatable bonds is 3. The molecule has 2 heterocycles. The maximum absolute atomic E-state index is 13.1. The maximum Gasteiger partial charge on any atom is 0.263 e. The standard InChI is InChI=1S/C22H29N3O3/c1-15-13-19(20(26)23(5)16(15)2)21(27)24-11-12-25(22(3,4)14-24)17-7-9-18(28-6)10-8-17/h7-10,13H,11-12,14H2,1-6H3. The van der Waals surface area contributed by atoms with Crippen LogP contribution in [0.5, 0.6) is 5.75 Å². The van der Waals surface area contributed by atoms with Crippen LogP contribution in [-0.2, 0) is 7.05 Å². The number of nitrogens with zero attached hydrogens (tertiary/aromatic N) is 3. The number of hydrogen-bond donors (Lipinski definition) is 0. The Labute approximate surface area is 166 Å². The van der Waals surface area contributed by atoms with Crippen molar-refractivity contribution in [3.63, 3.8) is 0 Å². The van der Waals surface area contributed by atoms with E-state index in [4.69, 9.17) is 4.74 Å². The van der Waals surface area contributed by atoms with Crippen LogP contribution in [0.2, 0.25) is 0 Å². The summed E-state index contributed by atoms with van der Waals surface area (Å²) in [7, 11) is 3.37. The van der Waals surface area contributed by atoms with E-state index < -0.39 is 0 Å². The predicted molar refractivity (Wildman–Crippen MR) is 111 cm³/mol. The Balaban J connectivity index is 1.84. The molecule has 150 valence electrons. The van der Waals surface area contributed by atoms with Gasteiger partial charge < -0.3 is 19.1 Å². The lowest BCUT2D eigenvalue weighted by Crippen LogP contribution is -2.61. The van der Waals surface area contributed by atoms with Gasteiger partial charge in [0.25, 0.3) is 11.5 Å². The molecule has 0 bridgehead atoms. The molecular weight excluding hydrogens is 354 g/mol. The van der Waals surface area contributed by atoms with E-state index in [1.807, 2.05) is 38.1 Å². The minimum atomic E-state index is -0.256. The lowest BCUT2D eigenvalue weighted by atomic mass is 9.97. The van der Waals surface area contributed by atoms with Gasteiger partial charge in [0.05, 0.1) is 12.6 Å². The molecule has 0 N–H and O–H groups in total. The highest BCUT2D eigenvalue weighted by Gasteiger charge is 2.36. The van der Waals surface area contributed by atoms with Crippen molar-refractivity contribution in [1.82, 2.24) is 9.47 Å². The topological polar surface area (TPSA) is 54.8 Å². The molecule has 1 fully saturated rings. The highest BCUT2D eigenvalue weighted by atomic mass is 16.5. The summed E-state index contributed by atoms with van der Waals surface area (Å²) in [4.78, 5) is 29.9. The smallest absolute Gasteiger partial charge is 0.263 e. The van der Waals surface area contributed by atoms with E-state index in [1.165, 1.54) is 0 Å². The first kappa shape index (κ1) is 20.0. The summed E-state index contributed by atoms with van der Waals surface area (Å²) in [6, 6.07) is 9.70. The molecule has 1 saturated heterocycles. The largest absolute Gasteiger partial charge is 0.497 e. The minimum absolute atomic E-state index is 0.189. The number of aromatic nitrogens is 1. The van der Waals surface area contributed by atoms with Crippen LogP contribution in [0.4, 0.5) is 5.69 Å². The first-order valence-corrected chi connectivity index (χ1v) is 9.54. The first-order valence-electron chi connectivity index (χ1n) is 9.54. The van der Waals surface area contributed by atoms with Gasteiger partial charge in [-0.15, -0.1) is 0 Å². The van der Waals surface area contributed by atoms with Gasteiger partial charge in [0.1, 0.15) is 11.3 Å². The molecule has 1 aliphatic heterocycles. The summed E-state index contributed by atoms with van der Waals surface area (Å²) < 4.78 is 6.80. The van der Waals surface area contributed by atoms with Crippen molar-refractivity contribution in [2.75, 3.05) is 31.6 Å². The third-order valence-corrected chi connectivity index (χ3v) is 5.77. The second-order valence-corrected chi connectivity index (χ2v) is 8.08. The maximum atomic E-state index is 13.1. The molecule has 0 unspecified atom stereocenters. The average molecular weight is 383 g/mol. The second kappa shape index (κ2) is 7.34. The van der Waals surface area contributed by atoms with Crippen LogP contribution < -0.4 is 15.2 Å². The minimum Gasteiger partial charge on any atom is -0.497 e. The van der Waals surface area contributed by atoms with Gasteiger partial charge in [0.2, 0.25) is 0 Å². The van der Waals surface area contributed by atoms with E-state index in [1.54, 1.807) is 29.7 Å².